The lowest BCUT2D eigenvalue weighted by Gasteiger charge is -1.97. The second-order valence-electron chi connectivity index (χ2n) is 2.79. The SMILES string of the molecule is NC(=NC(=O)C=Cc1ccccc1)N(F)F. The molecule has 1 aromatic carbocycles. The van der Waals surface area contributed by atoms with E-state index < -0.39 is 17.2 Å². The third-order valence-electron chi connectivity index (χ3n) is 1.62. The van der Waals surface area contributed by atoms with Crippen molar-refractivity contribution in [3.63, 3.8) is 0 Å². The number of hydrogen-bond donors (Lipinski definition) is 1. The van der Waals surface area contributed by atoms with Crippen LogP contribution in [0.2, 0.25) is 0 Å². The van der Waals surface area contributed by atoms with Crippen molar-refractivity contribution in [1.82, 2.24) is 5.34 Å². The van der Waals surface area contributed by atoms with Crippen molar-refractivity contribution >= 4 is 17.9 Å². The van der Waals surface area contributed by atoms with Gasteiger partial charge in [0, 0.05) is 6.08 Å². The van der Waals surface area contributed by atoms with Crippen molar-refractivity contribution < 1.29 is 13.8 Å². The Morgan fingerprint density at radius 2 is 1.94 bits per heavy atom. The summed E-state index contributed by atoms with van der Waals surface area (Å²) < 4.78 is 23.5. The van der Waals surface area contributed by atoms with E-state index in [-0.39, 0.29) is 0 Å². The second kappa shape index (κ2) is 5.59. The average molecular weight is 225 g/mol. The molecule has 0 spiro atoms. The molecule has 0 fully saturated rings. The van der Waals surface area contributed by atoms with E-state index in [1.54, 1.807) is 24.3 Å². The fourth-order valence-corrected chi connectivity index (χ4v) is 0.920. The quantitative estimate of drug-likeness (QED) is 0.360. The van der Waals surface area contributed by atoms with Gasteiger partial charge in [-0.2, -0.15) is 4.99 Å². The molecule has 0 saturated carbocycles. The number of nitrogens with two attached hydrogens (primary N) is 1. The van der Waals surface area contributed by atoms with Gasteiger partial charge in [0.25, 0.3) is 11.9 Å². The number of amides is 1. The molecular weight excluding hydrogens is 216 g/mol. The first-order valence-corrected chi connectivity index (χ1v) is 4.32. The van der Waals surface area contributed by atoms with E-state index in [1.165, 1.54) is 6.08 Å². The number of hydrogen-bond acceptors (Lipinski definition) is 1. The highest BCUT2D eigenvalue weighted by atomic mass is 19.4. The van der Waals surface area contributed by atoms with Crippen LogP contribution in [0.15, 0.2) is 41.4 Å². The Kier molecular flexibility index (Phi) is 4.14. The maximum Gasteiger partial charge on any atom is 0.273 e. The predicted molar refractivity (Wildman–Crippen MR) is 56.2 cm³/mol. The first kappa shape index (κ1) is 11.8. The summed E-state index contributed by atoms with van der Waals surface area (Å²) in [6.45, 7) is 0. The fourth-order valence-electron chi connectivity index (χ4n) is 0.920. The summed E-state index contributed by atoms with van der Waals surface area (Å²) in [6.07, 6.45) is 2.52. The van der Waals surface area contributed by atoms with Crippen molar-refractivity contribution in [2.45, 2.75) is 0 Å². The van der Waals surface area contributed by atoms with Crippen LogP contribution >= 0.6 is 0 Å². The van der Waals surface area contributed by atoms with Crippen LogP contribution in [-0.2, 0) is 4.79 Å². The van der Waals surface area contributed by atoms with Crippen molar-refractivity contribution in [3.8, 4) is 0 Å². The molecule has 0 heterocycles. The molecule has 0 aliphatic carbocycles. The van der Waals surface area contributed by atoms with Crippen LogP contribution in [0.5, 0.6) is 0 Å². The van der Waals surface area contributed by atoms with Crippen LogP contribution in [0.1, 0.15) is 5.56 Å². The van der Waals surface area contributed by atoms with Crippen molar-refractivity contribution in [1.29, 1.82) is 0 Å². The molecule has 0 aliphatic heterocycles. The summed E-state index contributed by atoms with van der Waals surface area (Å²) >= 11 is 0. The van der Waals surface area contributed by atoms with Crippen LogP contribution in [0.25, 0.3) is 6.08 Å². The molecular formula is C10H9F2N3O. The Morgan fingerprint density at radius 3 is 2.50 bits per heavy atom. The topological polar surface area (TPSA) is 58.7 Å². The first-order chi connectivity index (χ1) is 7.59. The van der Waals surface area contributed by atoms with Crippen LogP contribution in [0.4, 0.5) is 8.96 Å². The highest BCUT2D eigenvalue weighted by Crippen LogP contribution is 2.01. The Labute approximate surface area is 90.6 Å². The molecule has 6 heteroatoms. The van der Waals surface area contributed by atoms with Gasteiger partial charge in [0.2, 0.25) is 0 Å². The van der Waals surface area contributed by atoms with Crippen LogP contribution in [-0.4, -0.2) is 17.2 Å². The van der Waals surface area contributed by atoms with Gasteiger partial charge in [0.15, 0.2) is 0 Å². The number of carbonyl (C=O) groups excluding carboxylic acids is 1. The van der Waals surface area contributed by atoms with E-state index in [9.17, 15) is 13.8 Å². The normalized spacial score (nSPS) is 11.8. The Morgan fingerprint density at radius 1 is 1.31 bits per heavy atom. The average Bonchev–Trinajstić information content (AvgIpc) is 2.27. The van der Waals surface area contributed by atoms with Gasteiger partial charge in [0.1, 0.15) is 0 Å². The van der Waals surface area contributed by atoms with E-state index in [2.05, 4.69) is 4.99 Å². The minimum absolute atomic E-state index is 0.766. The molecule has 1 aromatic rings. The van der Waals surface area contributed by atoms with Gasteiger partial charge in [-0.05, 0) is 17.0 Å². The lowest BCUT2D eigenvalue weighted by atomic mass is 10.2. The molecule has 0 atom stereocenters. The van der Waals surface area contributed by atoms with Crippen LogP contribution in [0.3, 0.4) is 0 Å². The molecule has 0 aromatic heterocycles. The summed E-state index contributed by atoms with van der Waals surface area (Å²) in [7, 11) is 0. The van der Waals surface area contributed by atoms with E-state index in [1.807, 2.05) is 6.07 Å². The number of nitrogens with zero attached hydrogens (tertiary/aromatic N) is 2. The van der Waals surface area contributed by atoms with E-state index in [4.69, 9.17) is 5.73 Å². The summed E-state index contributed by atoms with van der Waals surface area (Å²) in [5, 5.41) is -1.42. The molecule has 84 valence electrons. The molecule has 0 saturated heterocycles. The highest BCUT2D eigenvalue weighted by molar-refractivity contribution is 5.99. The second-order valence-corrected chi connectivity index (χ2v) is 2.79. The van der Waals surface area contributed by atoms with E-state index in [0.717, 1.165) is 11.6 Å². The zero-order valence-electron chi connectivity index (χ0n) is 8.18. The lowest BCUT2D eigenvalue weighted by Crippen LogP contribution is -2.25. The summed E-state index contributed by atoms with van der Waals surface area (Å²) in [6, 6.07) is 8.90. The summed E-state index contributed by atoms with van der Waals surface area (Å²) in [4.78, 5) is 14.0. The summed E-state index contributed by atoms with van der Waals surface area (Å²) in [5.41, 5.74) is 5.52. The molecule has 1 rings (SSSR count). The summed E-state index contributed by atoms with van der Waals surface area (Å²) in [5.74, 6) is -1.98. The third-order valence-corrected chi connectivity index (χ3v) is 1.62. The predicted octanol–water partition coefficient (Wildman–Crippen LogP) is 1.61. The third kappa shape index (κ3) is 3.87. The smallest absolute Gasteiger partial charge is 0.273 e. The van der Waals surface area contributed by atoms with Gasteiger partial charge in [-0.25, -0.2) is 0 Å². The van der Waals surface area contributed by atoms with Crippen molar-refractivity contribution in [2.75, 3.05) is 0 Å². The van der Waals surface area contributed by atoms with Gasteiger partial charge in [-0.3, -0.25) is 4.79 Å². The maximum absolute atomic E-state index is 11.8. The van der Waals surface area contributed by atoms with Crippen LogP contribution in [0, 0.1) is 0 Å². The Hall–Kier alpha value is -2.24. The number of halogens is 2. The van der Waals surface area contributed by atoms with Gasteiger partial charge < -0.3 is 5.73 Å². The molecule has 1 amide bonds. The molecule has 0 aliphatic rings. The fraction of sp³-hybridized carbons (Fsp3) is 0. The maximum atomic E-state index is 11.8. The number of benzene rings is 1. The Bertz CT molecular complexity index is 415. The first-order valence-electron chi connectivity index (χ1n) is 4.32. The monoisotopic (exact) mass is 225 g/mol. The van der Waals surface area contributed by atoms with Crippen molar-refractivity contribution in [3.05, 3.63) is 42.0 Å². The molecule has 0 unspecified atom stereocenters. The molecule has 0 radical (unpaired) electrons. The molecule has 16 heavy (non-hydrogen) atoms. The minimum Gasteiger partial charge on any atom is -0.365 e. The number of guanidine groups is 1. The van der Waals surface area contributed by atoms with E-state index >= 15 is 0 Å². The number of rotatable bonds is 2. The number of aliphatic imine (C=N–C) groups is 1. The van der Waals surface area contributed by atoms with Gasteiger partial charge >= 0.3 is 0 Å². The molecule has 4 nitrogen and oxygen atoms in total. The lowest BCUT2D eigenvalue weighted by molar-refractivity contribution is -0.114. The van der Waals surface area contributed by atoms with Crippen molar-refractivity contribution in [2.24, 2.45) is 10.7 Å². The zero-order valence-corrected chi connectivity index (χ0v) is 8.18. The van der Waals surface area contributed by atoms with Crippen LogP contribution < -0.4 is 5.73 Å². The molecule has 2 N–H and O–H groups in total. The molecule has 0 bridgehead atoms. The largest absolute Gasteiger partial charge is 0.365 e. The number of carbonyl (C=O) groups is 1. The van der Waals surface area contributed by atoms with Gasteiger partial charge in [-0.15, -0.1) is 0 Å². The zero-order chi connectivity index (χ0) is 12.0. The Balaban J connectivity index is 2.66. The minimum atomic E-state index is -1.42. The standard InChI is InChI=1S/C10H9F2N3O/c11-15(12)10(13)14-9(16)7-6-8-4-2-1-3-5-8/h1-7H,(H2,13,14,16). The van der Waals surface area contributed by atoms with Gasteiger partial charge in [0.05, 0.1) is 0 Å². The highest BCUT2D eigenvalue weighted by Gasteiger charge is 2.04. The van der Waals surface area contributed by atoms with Gasteiger partial charge in [-0.1, -0.05) is 39.3 Å². The van der Waals surface area contributed by atoms with E-state index in [0.29, 0.717) is 0 Å².